The van der Waals surface area contributed by atoms with Crippen LogP contribution in [-0.2, 0) is 13.1 Å². The van der Waals surface area contributed by atoms with Crippen LogP contribution in [-0.4, -0.2) is 27.5 Å². The third kappa shape index (κ3) is 2.75. The number of aromatic nitrogens is 2. The first-order valence-corrected chi connectivity index (χ1v) is 8.25. The topological polar surface area (TPSA) is 64.4 Å². The lowest BCUT2D eigenvalue weighted by atomic mass is 10.2. The molecule has 3 heterocycles. The van der Waals surface area contributed by atoms with Gasteiger partial charge in [0.25, 0.3) is 11.5 Å². The van der Waals surface area contributed by atoms with E-state index in [4.69, 9.17) is 4.74 Å². The number of carbonyl (C=O) groups excluding carboxylic acids is 1. The van der Waals surface area contributed by atoms with Gasteiger partial charge in [-0.1, -0.05) is 24.3 Å². The highest BCUT2D eigenvalue weighted by Gasteiger charge is 2.27. The van der Waals surface area contributed by atoms with Crippen molar-refractivity contribution in [1.82, 2.24) is 14.5 Å². The van der Waals surface area contributed by atoms with Crippen molar-refractivity contribution in [2.45, 2.75) is 13.1 Å². The molecule has 0 N–H and O–H groups in total. The molecule has 0 saturated carbocycles. The first-order valence-electron chi connectivity index (χ1n) is 8.25. The van der Waals surface area contributed by atoms with E-state index in [1.54, 1.807) is 17.3 Å². The third-order valence-electron chi connectivity index (χ3n) is 4.47. The minimum absolute atomic E-state index is 0.190. The van der Waals surface area contributed by atoms with E-state index in [1.165, 1.54) is 17.7 Å². The zero-order chi connectivity index (χ0) is 18.1. The molecule has 1 aromatic carbocycles. The highest BCUT2D eigenvalue weighted by atomic mass is 16.5. The molecule has 4 rings (SSSR count). The van der Waals surface area contributed by atoms with E-state index in [1.807, 2.05) is 42.5 Å². The van der Waals surface area contributed by atoms with Gasteiger partial charge in [0.1, 0.15) is 5.75 Å². The summed E-state index contributed by atoms with van der Waals surface area (Å²) >= 11 is 0. The van der Waals surface area contributed by atoms with Crippen molar-refractivity contribution in [3.05, 3.63) is 88.1 Å². The first kappa shape index (κ1) is 16.1. The molecule has 1 aliphatic heterocycles. The predicted octanol–water partition coefficient (Wildman–Crippen LogP) is 2.40. The van der Waals surface area contributed by atoms with Crippen LogP contribution in [0.5, 0.6) is 5.75 Å². The van der Waals surface area contributed by atoms with Gasteiger partial charge in [0.15, 0.2) is 0 Å². The molecule has 0 atom stereocenters. The summed E-state index contributed by atoms with van der Waals surface area (Å²) < 4.78 is 6.75. The quantitative estimate of drug-likeness (QED) is 0.730. The van der Waals surface area contributed by atoms with Gasteiger partial charge in [-0.15, -0.1) is 0 Å². The Morgan fingerprint density at radius 2 is 1.92 bits per heavy atom. The van der Waals surface area contributed by atoms with Crippen LogP contribution >= 0.6 is 0 Å². The molecule has 0 aliphatic carbocycles. The van der Waals surface area contributed by atoms with E-state index >= 15 is 0 Å². The highest BCUT2D eigenvalue weighted by Crippen LogP contribution is 2.25. The number of nitrogens with zero attached hydrogens (tertiary/aromatic N) is 3. The molecular weight excluding hydrogens is 330 g/mol. The molecule has 0 radical (unpaired) electrons. The first-order chi connectivity index (χ1) is 12.7. The Kier molecular flexibility index (Phi) is 4.01. The van der Waals surface area contributed by atoms with Crippen molar-refractivity contribution >= 4 is 5.91 Å². The van der Waals surface area contributed by atoms with E-state index in [0.717, 1.165) is 11.3 Å². The summed E-state index contributed by atoms with van der Waals surface area (Å²) in [4.78, 5) is 31.5. The summed E-state index contributed by atoms with van der Waals surface area (Å²) in [7, 11) is 1.46. The molecule has 1 aliphatic rings. The molecule has 130 valence electrons. The van der Waals surface area contributed by atoms with Crippen molar-refractivity contribution < 1.29 is 9.53 Å². The zero-order valence-electron chi connectivity index (χ0n) is 14.3. The van der Waals surface area contributed by atoms with Crippen LogP contribution in [0.15, 0.2) is 65.7 Å². The van der Waals surface area contributed by atoms with E-state index < -0.39 is 0 Å². The zero-order valence-corrected chi connectivity index (χ0v) is 14.3. The molecule has 1 amide bonds. The van der Waals surface area contributed by atoms with Gasteiger partial charge in [0, 0.05) is 30.7 Å². The number of ether oxygens (including phenoxy) is 1. The number of hydrogen-bond donors (Lipinski definition) is 0. The average Bonchev–Trinajstić information content (AvgIpc) is 3.12. The van der Waals surface area contributed by atoms with E-state index in [9.17, 15) is 9.59 Å². The maximum absolute atomic E-state index is 13.1. The van der Waals surface area contributed by atoms with Crippen LogP contribution in [0, 0.1) is 0 Å². The van der Waals surface area contributed by atoms with E-state index in [-0.39, 0.29) is 17.2 Å². The summed E-state index contributed by atoms with van der Waals surface area (Å²) in [5.41, 5.74) is 2.73. The molecular formula is C20H17N3O3. The number of hydrogen-bond acceptors (Lipinski definition) is 4. The SMILES string of the molecule is COc1cc(=O)n(-c2ccccc2)cc1C(=O)N1Cc2cccnc2C1. The molecule has 0 spiro atoms. The maximum Gasteiger partial charge on any atom is 0.259 e. The van der Waals surface area contributed by atoms with Crippen molar-refractivity contribution in [1.29, 1.82) is 0 Å². The number of carbonyl (C=O) groups is 1. The Balaban J connectivity index is 1.74. The second kappa shape index (κ2) is 6.48. The summed E-state index contributed by atoms with van der Waals surface area (Å²) in [6.07, 6.45) is 3.28. The molecule has 0 saturated heterocycles. The number of fused-ring (bicyclic) bond motifs is 1. The Morgan fingerprint density at radius 1 is 1.12 bits per heavy atom. The van der Waals surface area contributed by atoms with Gasteiger partial charge >= 0.3 is 0 Å². The Bertz CT molecular complexity index is 1000. The van der Waals surface area contributed by atoms with Gasteiger partial charge in [0.2, 0.25) is 0 Å². The number of pyridine rings is 2. The van der Waals surface area contributed by atoms with Gasteiger partial charge in [-0.25, -0.2) is 0 Å². The summed E-state index contributed by atoms with van der Waals surface area (Å²) in [6, 6.07) is 14.4. The predicted molar refractivity (Wildman–Crippen MR) is 96.4 cm³/mol. The van der Waals surface area contributed by atoms with E-state index in [0.29, 0.717) is 24.3 Å². The minimum atomic E-state index is -0.254. The normalized spacial score (nSPS) is 12.7. The molecule has 6 heteroatoms. The van der Waals surface area contributed by atoms with Crippen LogP contribution in [0.4, 0.5) is 0 Å². The molecule has 26 heavy (non-hydrogen) atoms. The van der Waals surface area contributed by atoms with Gasteiger partial charge in [0.05, 0.1) is 24.9 Å². The van der Waals surface area contributed by atoms with Crippen LogP contribution < -0.4 is 10.3 Å². The second-order valence-corrected chi connectivity index (χ2v) is 6.07. The fraction of sp³-hybridized carbons (Fsp3) is 0.150. The number of para-hydroxylation sites is 1. The lowest BCUT2D eigenvalue weighted by Gasteiger charge is -2.18. The van der Waals surface area contributed by atoms with Crippen LogP contribution in [0.25, 0.3) is 5.69 Å². The molecule has 6 nitrogen and oxygen atoms in total. The van der Waals surface area contributed by atoms with Crippen molar-refractivity contribution in [2.24, 2.45) is 0 Å². The van der Waals surface area contributed by atoms with Crippen LogP contribution in [0.3, 0.4) is 0 Å². The Morgan fingerprint density at radius 3 is 2.65 bits per heavy atom. The number of methoxy groups -OCH3 is 1. The smallest absolute Gasteiger partial charge is 0.259 e. The molecule has 2 aromatic heterocycles. The Labute approximate surface area is 150 Å². The van der Waals surface area contributed by atoms with Crippen LogP contribution in [0.2, 0.25) is 0 Å². The third-order valence-corrected chi connectivity index (χ3v) is 4.47. The Hall–Kier alpha value is -3.41. The summed E-state index contributed by atoms with van der Waals surface area (Å²) in [5, 5.41) is 0. The van der Waals surface area contributed by atoms with Crippen molar-refractivity contribution in [3.8, 4) is 11.4 Å². The monoisotopic (exact) mass is 347 g/mol. The molecule has 0 bridgehead atoms. The van der Waals surface area contributed by atoms with Crippen molar-refractivity contribution in [2.75, 3.05) is 7.11 Å². The average molecular weight is 347 g/mol. The maximum atomic E-state index is 13.1. The van der Waals surface area contributed by atoms with Gasteiger partial charge in [-0.3, -0.25) is 19.1 Å². The van der Waals surface area contributed by atoms with Crippen LogP contribution in [0.1, 0.15) is 21.6 Å². The fourth-order valence-electron chi connectivity index (χ4n) is 3.15. The molecule has 0 unspecified atom stereocenters. The minimum Gasteiger partial charge on any atom is -0.496 e. The van der Waals surface area contributed by atoms with Crippen molar-refractivity contribution in [3.63, 3.8) is 0 Å². The highest BCUT2D eigenvalue weighted by molar-refractivity contribution is 5.97. The van der Waals surface area contributed by atoms with Gasteiger partial charge in [-0.2, -0.15) is 0 Å². The number of benzene rings is 1. The lowest BCUT2D eigenvalue weighted by Crippen LogP contribution is -2.28. The standard InChI is InChI=1S/C20H17N3O3/c1-26-18-10-19(24)23(15-7-3-2-4-8-15)12-16(18)20(25)22-11-14-6-5-9-21-17(14)13-22/h2-10,12H,11,13H2,1H3. The van der Waals surface area contributed by atoms with Gasteiger partial charge < -0.3 is 9.64 Å². The lowest BCUT2D eigenvalue weighted by molar-refractivity contribution is 0.0746. The second-order valence-electron chi connectivity index (χ2n) is 6.07. The van der Waals surface area contributed by atoms with E-state index in [2.05, 4.69) is 4.98 Å². The van der Waals surface area contributed by atoms with Gasteiger partial charge in [-0.05, 0) is 23.8 Å². The largest absolute Gasteiger partial charge is 0.496 e. The molecule has 3 aromatic rings. The number of amides is 1. The molecule has 0 fully saturated rings. The summed E-state index contributed by atoms with van der Waals surface area (Å²) in [5.74, 6) is 0.0839. The number of rotatable bonds is 3. The summed E-state index contributed by atoms with van der Waals surface area (Å²) in [6.45, 7) is 0.943. The fourth-order valence-corrected chi connectivity index (χ4v) is 3.15.